The molecule has 27 heavy (non-hydrogen) atoms. The van der Waals surface area contributed by atoms with Gasteiger partial charge in [-0.05, 0) is 29.8 Å². The zero-order valence-corrected chi connectivity index (χ0v) is 15.0. The number of nitrogens with one attached hydrogen (secondary N) is 1. The van der Waals surface area contributed by atoms with Gasteiger partial charge in [0, 0.05) is 11.1 Å². The van der Waals surface area contributed by atoms with Crippen molar-refractivity contribution in [2.75, 3.05) is 7.11 Å². The van der Waals surface area contributed by atoms with Crippen LogP contribution in [-0.2, 0) is 6.61 Å². The van der Waals surface area contributed by atoms with Crippen molar-refractivity contribution in [2.45, 2.75) is 6.61 Å². The highest BCUT2D eigenvalue weighted by Gasteiger charge is 2.10. The van der Waals surface area contributed by atoms with Crippen LogP contribution in [0.5, 0.6) is 11.5 Å². The number of carbonyl (C=O) groups excluding carboxylic acids is 1. The number of carbonyl (C=O) groups is 1. The van der Waals surface area contributed by atoms with E-state index in [1.54, 1.807) is 37.6 Å². The number of para-hydroxylation sites is 1. The Morgan fingerprint density at radius 1 is 0.963 bits per heavy atom. The molecule has 0 saturated heterocycles. The maximum absolute atomic E-state index is 12.1. The summed E-state index contributed by atoms with van der Waals surface area (Å²) in [4.78, 5) is 12.1. The molecule has 1 N–H and O–H groups in total. The Balaban J connectivity index is 1.73. The van der Waals surface area contributed by atoms with Crippen molar-refractivity contribution < 1.29 is 14.3 Å². The molecule has 0 heterocycles. The van der Waals surface area contributed by atoms with Crippen LogP contribution in [0.1, 0.15) is 21.5 Å². The molecule has 0 aliphatic heterocycles. The third-order valence-electron chi connectivity index (χ3n) is 3.86. The minimum absolute atomic E-state index is 0.276. The third kappa shape index (κ3) is 4.95. The molecule has 0 aliphatic rings. The molecule has 0 aromatic heterocycles. The first-order valence-electron chi connectivity index (χ1n) is 8.50. The van der Waals surface area contributed by atoms with Crippen molar-refractivity contribution in [3.63, 3.8) is 0 Å². The number of amides is 1. The lowest BCUT2D eigenvalue weighted by Crippen LogP contribution is -2.17. The number of nitrogens with zero attached hydrogens (tertiary/aromatic N) is 1. The van der Waals surface area contributed by atoms with E-state index >= 15 is 0 Å². The minimum atomic E-state index is -0.276. The Morgan fingerprint density at radius 3 is 2.37 bits per heavy atom. The van der Waals surface area contributed by atoms with Crippen LogP contribution in [0.2, 0.25) is 0 Å². The van der Waals surface area contributed by atoms with E-state index in [0.717, 1.165) is 5.56 Å². The van der Waals surface area contributed by atoms with Gasteiger partial charge in [-0.25, -0.2) is 5.43 Å². The van der Waals surface area contributed by atoms with Gasteiger partial charge in [-0.3, -0.25) is 4.79 Å². The lowest BCUT2D eigenvalue weighted by atomic mass is 10.2. The van der Waals surface area contributed by atoms with Gasteiger partial charge in [0.2, 0.25) is 0 Å². The average molecular weight is 360 g/mol. The van der Waals surface area contributed by atoms with Crippen LogP contribution >= 0.6 is 0 Å². The predicted molar refractivity (Wildman–Crippen MR) is 105 cm³/mol. The maximum Gasteiger partial charge on any atom is 0.271 e. The Morgan fingerprint density at radius 2 is 1.67 bits per heavy atom. The van der Waals surface area contributed by atoms with E-state index < -0.39 is 0 Å². The SMILES string of the molecule is COc1cccc(C=NNC(=O)c2ccccc2)c1OCc1ccccc1. The van der Waals surface area contributed by atoms with Gasteiger partial charge in [-0.15, -0.1) is 0 Å². The van der Waals surface area contributed by atoms with E-state index in [-0.39, 0.29) is 5.91 Å². The molecule has 5 nitrogen and oxygen atoms in total. The van der Waals surface area contributed by atoms with Crippen molar-refractivity contribution in [3.8, 4) is 11.5 Å². The van der Waals surface area contributed by atoms with E-state index in [1.165, 1.54) is 0 Å². The van der Waals surface area contributed by atoms with Crippen molar-refractivity contribution >= 4 is 12.1 Å². The van der Waals surface area contributed by atoms with Gasteiger partial charge in [0.15, 0.2) is 11.5 Å². The normalized spacial score (nSPS) is 10.6. The fourth-order valence-electron chi connectivity index (χ4n) is 2.49. The zero-order chi connectivity index (χ0) is 18.9. The Bertz CT molecular complexity index is 909. The van der Waals surface area contributed by atoms with Crippen LogP contribution in [0, 0.1) is 0 Å². The Hall–Kier alpha value is -3.60. The second-order valence-electron chi connectivity index (χ2n) is 5.72. The molecular weight excluding hydrogens is 340 g/mol. The highest BCUT2D eigenvalue weighted by molar-refractivity contribution is 5.95. The average Bonchev–Trinajstić information content (AvgIpc) is 2.73. The zero-order valence-electron chi connectivity index (χ0n) is 15.0. The van der Waals surface area contributed by atoms with Gasteiger partial charge >= 0.3 is 0 Å². The minimum Gasteiger partial charge on any atom is -0.493 e. The number of methoxy groups -OCH3 is 1. The second kappa shape index (κ2) is 9.20. The molecule has 3 rings (SSSR count). The molecule has 0 spiro atoms. The molecular formula is C22H20N2O3. The summed E-state index contributed by atoms with van der Waals surface area (Å²) in [7, 11) is 1.59. The molecule has 0 saturated carbocycles. The van der Waals surface area contributed by atoms with Crippen molar-refractivity contribution in [1.29, 1.82) is 0 Å². The van der Waals surface area contributed by atoms with Gasteiger partial charge in [0.1, 0.15) is 6.61 Å². The van der Waals surface area contributed by atoms with E-state index in [9.17, 15) is 4.79 Å². The van der Waals surface area contributed by atoms with Crippen molar-refractivity contribution in [2.24, 2.45) is 5.10 Å². The van der Waals surface area contributed by atoms with Crippen LogP contribution < -0.4 is 14.9 Å². The van der Waals surface area contributed by atoms with Gasteiger partial charge in [-0.2, -0.15) is 5.10 Å². The fraction of sp³-hybridized carbons (Fsp3) is 0.0909. The molecule has 0 aliphatic carbocycles. The molecule has 0 fully saturated rings. The summed E-state index contributed by atoms with van der Waals surface area (Å²) >= 11 is 0. The summed E-state index contributed by atoms with van der Waals surface area (Å²) in [6, 6.07) is 24.3. The fourth-order valence-corrected chi connectivity index (χ4v) is 2.49. The number of hydrogen-bond acceptors (Lipinski definition) is 4. The van der Waals surface area contributed by atoms with Crippen LogP contribution in [-0.4, -0.2) is 19.2 Å². The highest BCUT2D eigenvalue weighted by atomic mass is 16.5. The molecule has 0 radical (unpaired) electrons. The van der Waals surface area contributed by atoms with Gasteiger partial charge < -0.3 is 9.47 Å². The first-order valence-corrected chi connectivity index (χ1v) is 8.50. The van der Waals surface area contributed by atoms with Crippen molar-refractivity contribution in [3.05, 3.63) is 95.6 Å². The highest BCUT2D eigenvalue weighted by Crippen LogP contribution is 2.30. The van der Waals surface area contributed by atoms with E-state index in [0.29, 0.717) is 29.2 Å². The lowest BCUT2D eigenvalue weighted by molar-refractivity contribution is 0.0955. The largest absolute Gasteiger partial charge is 0.493 e. The van der Waals surface area contributed by atoms with Crippen LogP contribution in [0.15, 0.2) is 84.0 Å². The predicted octanol–water partition coefficient (Wildman–Crippen LogP) is 4.04. The quantitative estimate of drug-likeness (QED) is 0.511. The number of rotatable bonds is 7. The van der Waals surface area contributed by atoms with E-state index in [2.05, 4.69) is 10.5 Å². The van der Waals surface area contributed by atoms with E-state index in [4.69, 9.17) is 9.47 Å². The first-order chi connectivity index (χ1) is 13.3. The van der Waals surface area contributed by atoms with Gasteiger partial charge in [-0.1, -0.05) is 54.6 Å². The Labute approximate surface area is 158 Å². The van der Waals surface area contributed by atoms with Crippen LogP contribution in [0.3, 0.4) is 0 Å². The molecule has 3 aromatic rings. The molecule has 5 heteroatoms. The number of benzene rings is 3. The topological polar surface area (TPSA) is 59.9 Å². The van der Waals surface area contributed by atoms with Gasteiger partial charge in [0.05, 0.1) is 13.3 Å². The van der Waals surface area contributed by atoms with Crippen LogP contribution in [0.25, 0.3) is 0 Å². The summed E-state index contributed by atoms with van der Waals surface area (Å²) in [5.74, 6) is 0.896. The maximum atomic E-state index is 12.1. The number of hydrogen-bond donors (Lipinski definition) is 1. The smallest absolute Gasteiger partial charge is 0.271 e. The van der Waals surface area contributed by atoms with E-state index in [1.807, 2.05) is 54.6 Å². The van der Waals surface area contributed by atoms with Gasteiger partial charge in [0.25, 0.3) is 5.91 Å². The molecule has 0 unspecified atom stereocenters. The number of hydrazone groups is 1. The molecule has 136 valence electrons. The second-order valence-corrected chi connectivity index (χ2v) is 5.72. The molecule has 0 atom stereocenters. The molecule has 1 amide bonds. The van der Waals surface area contributed by atoms with Crippen molar-refractivity contribution in [1.82, 2.24) is 5.43 Å². The van der Waals surface area contributed by atoms with Crippen LogP contribution in [0.4, 0.5) is 0 Å². The lowest BCUT2D eigenvalue weighted by Gasteiger charge is -2.13. The third-order valence-corrected chi connectivity index (χ3v) is 3.86. The molecule has 3 aromatic carbocycles. The summed E-state index contributed by atoms with van der Waals surface area (Å²) in [5, 5.41) is 4.05. The standard InChI is InChI=1S/C22H20N2O3/c1-26-20-14-8-13-19(21(20)27-16-17-9-4-2-5-10-17)15-23-24-22(25)18-11-6-3-7-12-18/h2-15H,16H2,1H3,(H,24,25). The first kappa shape index (κ1) is 18.2. The summed E-state index contributed by atoms with van der Waals surface area (Å²) in [6.45, 7) is 0.401. The summed E-state index contributed by atoms with van der Waals surface area (Å²) in [5.41, 5.74) is 4.81. The summed E-state index contributed by atoms with van der Waals surface area (Å²) in [6.07, 6.45) is 1.55. The molecule has 0 bridgehead atoms. The monoisotopic (exact) mass is 360 g/mol. The number of ether oxygens (including phenoxy) is 2. The summed E-state index contributed by atoms with van der Waals surface area (Å²) < 4.78 is 11.4. The Kier molecular flexibility index (Phi) is 6.20.